The molecule has 0 amide bonds. The van der Waals surface area contributed by atoms with Gasteiger partial charge in [0, 0.05) is 5.75 Å². The Labute approximate surface area is 117 Å². The molecule has 0 bridgehead atoms. The molecule has 0 aliphatic heterocycles. The molecule has 0 saturated carbocycles. The molecule has 2 atom stereocenters. The van der Waals surface area contributed by atoms with Crippen LogP contribution in [0.25, 0.3) is 0 Å². The maximum Gasteiger partial charge on any atom is 0.276 e. The molecule has 0 spiro atoms. The van der Waals surface area contributed by atoms with Crippen molar-refractivity contribution in [2.75, 3.05) is 0 Å². The Morgan fingerprint density at radius 3 is 2.68 bits per heavy atom. The van der Waals surface area contributed by atoms with Gasteiger partial charge in [-0.2, -0.15) is 0 Å². The number of thioether (sulfide) groups is 1. The highest BCUT2D eigenvalue weighted by Crippen LogP contribution is 2.25. The summed E-state index contributed by atoms with van der Waals surface area (Å²) >= 11 is 1.54. The summed E-state index contributed by atoms with van der Waals surface area (Å²) in [6.07, 6.45) is 0.996. The quantitative estimate of drug-likeness (QED) is 0.820. The van der Waals surface area contributed by atoms with Gasteiger partial charge in [0.2, 0.25) is 5.89 Å². The number of nitrogens with zero attached hydrogens (tertiary/aromatic N) is 2. The Kier molecular flexibility index (Phi) is 4.99. The zero-order chi connectivity index (χ0) is 13.7. The van der Waals surface area contributed by atoms with Crippen LogP contribution in [0.1, 0.15) is 37.8 Å². The molecule has 2 unspecified atom stereocenters. The van der Waals surface area contributed by atoms with Crippen molar-refractivity contribution in [3.8, 4) is 0 Å². The zero-order valence-electron chi connectivity index (χ0n) is 11.2. The molecule has 2 aromatic rings. The molecule has 2 rings (SSSR count). The third-order valence-electron chi connectivity index (χ3n) is 3.17. The normalized spacial score (nSPS) is 14.3. The van der Waals surface area contributed by atoms with Gasteiger partial charge in [0.25, 0.3) is 5.22 Å². The summed E-state index contributed by atoms with van der Waals surface area (Å²) in [6, 6.07) is 10.0. The van der Waals surface area contributed by atoms with Gasteiger partial charge in [0.15, 0.2) is 0 Å². The molecule has 1 aromatic heterocycles. The minimum absolute atomic E-state index is 0.177. The van der Waals surface area contributed by atoms with Gasteiger partial charge in [0.1, 0.15) is 0 Å². The Bertz CT molecular complexity index is 500. The van der Waals surface area contributed by atoms with Gasteiger partial charge in [-0.1, -0.05) is 62.4 Å². The Hall–Kier alpha value is -1.33. The highest BCUT2D eigenvalue weighted by molar-refractivity contribution is 7.98. The number of benzene rings is 1. The first-order valence-electron chi connectivity index (χ1n) is 6.46. The van der Waals surface area contributed by atoms with Crippen LogP contribution < -0.4 is 5.73 Å². The average Bonchev–Trinajstić information content (AvgIpc) is 2.93. The van der Waals surface area contributed by atoms with Crippen LogP contribution in [-0.4, -0.2) is 10.2 Å². The van der Waals surface area contributed by atoms with Crippen molar-refractivity contribution in [2.45, 2.75) is 37.3 Å². The summed E-state index contributed by atoms with van der Waals surface area (Å²) < 4.78 is 5.61. The zero-order valence-corrected chi connectivity index (χ0v) is 12.1. The molecule has 19 heavy (non-hydrogen) atoms. The molecule has 0 aliphatic rings. The Morgan fingerprint density at radius 2 is 2.00 bits per heavy atom. The lowest BCUT2D eigenvalue weighted by Gasteiger charge is -2.13. The minimum Gasteiger partial charge on any atom is -0.414 e. The molecule has 2 N–H and O–H groups in total. The van der Waals surface area contributed by atoms with Crippen molar-refractivity contribution in [3.05, 3.63) is 41.8 Å². The van der Waals surface area contributed by atoms with Crippen molar-refractivity contribution < 1.29 is 4.42 Å². The van der Waals surface area contributed by atoms with Crippen LogP contribution in [0.5, 0.6) is 0 Å². The monoisotopic (exact) mass is 277 g/mol. The van der Waals surface area contributed by atoms with E-state index in [0.29, 0.717) is 17.0 Å². The molecule has 0 aliphatic carbocycles. The van der Waals surface area contributed by atoms with E-state index < -0.39 is 0 Å². The second kappa shape index (κ2) is 6.73. The molecular formula is C14H19N3OS. The summed E-state index contributed by atoms with van der Waals surface area (Å²) in [5.74, 6) is 1.69. The van der Waals surface area contributed by atoms with Crippen molar-refractivity contribution in [1.29, 1.82) is 0 Å². The molecule has 4 nitrogen and oxygen atoms in total. The van der Waals surface area contributed by atoms with Crippen molar-refractivity contribution >= 4 is 11.8 Å². The SMILES string of the molecule is CCC(C)C(N)c1nnc(SCc2ccccc2)o1. The minimum atomic E-state index is -0.177. The Balaban J connectivity index is 1.94. The molecule has 1 aromatic carbocycles. The van der Waals surface area contributed by atoms with Gasteiger partial charge in [-0.05, 0) is 11.5 Å². The molecule has 5 heteroatoms. The lowest BCUT2D eigenvalue weighted by molar-refractivity contribution is 0.333. The second-order valence-corrected chi connectivity index (χ2v) is 5.52. The summed E-state index contributed by atoms with van der Waals surface area (Å²) in [5.41, 5.74) is 7.30. The molecule has 1 heterocycles. The maximum atomic E-state index is 6.06. The van der Waals surface area contributed by atoms with Crippen molar-refractivity contribution in [1.82, 2.24) is 10.2 Å². The van der Waals surface area contributed by atoms with Gasteiger partial charge in [-0.15, -0.1) is 10.2 Å². The number of hydrogen-bond acceptors (Lipinski definition) is 5. The first-order chi connectivity index (χ1) is 9.20. The third kappa shape index (κ3) is 3.81. The van der Waals surface area contributed by atoms with E-state index in [1.54, 1.807) is 0 Å². The van der Waals surface area contributed by atoms with Gasteiger partial charge in [-0.3, -0.25) is 0 Å². The average molecular weight is 277 g/mol. The van der Waals surface area contributed by atoms with E-state index in [1.165, 1.54) is 17.3 Å². The first kappa shape index (κ1) is 14.1. The van der Waals surface area contributed by atoms with Gasteiger partial charge in [-0.25, -0.2) is 0 Å². The molecule has 0 fully saturated rings. The maximum absolute atomic E-state index is 6.06. The predicted molar refractivity (Wildman–Crippen MR) is 76.7 cm³/mol. The van der Waals surface area contributed by atoms with E-state index >= 15 is 0 Å². The number of rotatable bonds is 6. The van der Waals surface area contributed by atoms with Gasteiger partial charge >= 0.3 is 0 Å². The fourth-order valence-corrected chi connectivity index (χ4v) is 2.36. The third-order valence-corrected chi connectivity index (χ3v) is 4.06. The van der Waals surface area contributed by atoms with Gasteiger partial charge in [0.05, 0.1) is 6.04 Å². The number of nitrogens with two attached hydrogens (primary N) is 1. The van der Waals surface area contributed by atoms with E-state index in [0.717, 1.165) is 12.2 Å². The molecule has 102 valence electrons. The summed E-state index contributed by atoms with van der Waals surface area (Å²) in [5, 5.41) is 8.65. The Morgan fingerprint density at radius 1 is 1.26 bits per heavy atom. The van der Waals surface area contributed by atoms with Crippen LogP contribution in [0.3, 0.4) is 0 Å². The van der Waals surface area contributed by atoms with Crippen LogP contribution in [-0.2, 0) is 5.75 Å². The lowest BCUT2D eigenvalue weighted by atomic mass is 10.0. The summed E-state index contributed by atoms with van der Waals surface area (Å²) in [7, 11) is 0. The predicted octanol–water partition coefficient (Wildman–Crippen LogP) is 3.41. The summed E-state index contributed by atoms with van der Waals surface area (Å²) in [4.78, 5) is 0. The van der Waals surface area contributed by atoms with Crippen LogP contribution in [0.15, 0.2) is 40.0 Å². The largest absolute Gasteiger partial charge is 0.414 e. The molecule has 0 saturated heterocycles. The highest BCUT2D eigenvalue weighted by atomic mass is 32.2. The second-order valence-electron chi connectivity index (χ2n) is 4.59. The highest BCUT2D eigenvalue weighted by Gasteiger charge is 2.19. The molecule has 0 radical (unpaired) electrons. The van der Waals surface area contributed by atoms with Crippen LogP contribution in [0, 0.1) is 5.92 Å². The smallest absolute Gasteiger partial charge is 0.276 e. The van der Waals surface area contributed by atoms with Crippen LogP contribution in [0.2, 0.25) is 0 Å². The topological polar surface area (TPSA) is 64.9 Å². The van der Waals surface area contributed by atoms with Crippen molar-refractivity contribution in [2.24, 2.45) is 11.7 Å². The molecular weight excluding hydrogens is 258 g/mol. The van der Waals surface area contributed by atoms with E-state index in [-0.39, 0.29) is 6.04 Å². The lowest BCUT2D eigenvalue weighted by Crippen LogP contribution is -2.18. The standard InChI is InChI=1S/C14H19N3OS/c1-3-10(2)12(15)13-16-17-14(18-13)19-9-11-7-5-4-6-8-11/h4-8,10,12H,3,9,15H2,1-2H3. The fourth-order valence-electron chi connectivity index (χ4n) is 1.63. The summed E-state index contributed by atoms with van der Waals surface area (Å²) in [6.45, 7) is 4.19. The van der Waals surface area contributed by atoms with Crippen LogP contribution in [0.4, 0.5) is 0 Å². The van der Waals surface area contributed by atoms with E-state index in [1.807, 2.05) is 18.2 Å². The number of hydrogen-bond donors (Lipinski definition) is 1. The first-order valence-corrected chi connectivity index (χ1v) is 7.45. The van der Waals surface area contributed by atoms with E-state index in [9.17, 15) is 0 Å². The number of aromatic nitrogens is 2. The fraction of sp³-hybridized carbons (Fsp3) is 0.429. The van der Waals surface area contributed by atoms with Crippen molar-refractivity contribution in [3.63, 3.8) is 0 Å². The van der Waals surface area contributed by atoms with E-state index in [2.05, 4.69) is 36.2 Å². The van der Waals surface area contributed by atoms with E-state index in [4.69, 9.17) is 10.2 Å². The van der Waals surface area contributed by atoms with Gasteiger partial charge < -0.3 is 10.2 Å². The van der Waals surface area contributed by atoms with Crippen LogP contribution >= 0.6 is 11.8 Å².